The molecule has 0 N–H and O–H groups in total. The zero-order valence-corrected chi connectivity index (χ0v) is 10.0. The minimum Gasteiger partial charge on any atom is -0.249 e. The standard InChI is InChI=1S/C12H2F9N/c13-5-3(1-2-22-11(5)12(19,20)21)4-6(14)8(16)10(18)9(17)7(4)15/h1-2H. The van der Waals surface area contributed by atoms with Crippen molar-refractivity contribution in [1.82, 2.24) is 4.98 Å². The van der Waals surface area contributed by atoms with Gasteiger partial charge in [-0.1, -0.05) is 0 Å². The van der Waals surface area contributed by atoms with E-state index in [1.165, 1.54) is 0 Å². The van der Waals surface area contributed by atoms with E-state index in [0.717, 1.165) is 0 Å². The van der Waals surface area contributed by atoms with Gasteiger partial charge in [0.25, 0.3) is 0 Å². The maximum atomic E-state index is 13.7. The summed E-state index contributed by atoms with van der Waals surface area (Å²) in [5.74, 6) is -14.5. The third-order valence-corrected chi connectivity index (χ3v) is 2.64. The van der Waals surface area contributed by atoms with Crippen molar-refractivity contribution in [2.75, 3.05) is 0 Å². The van der Waals surface area contributed by atoms with Crippen LogP contribution in [0.15, 0.2) is 12.3 Å². The average Bonchev–Trinajstić information content (AvgIpc) is 2.43. The smallest absolute Gasteiger partial charge is 0.249 e. The first-order chi connectivity index (χ1) is 10.1. The highest BCUT2D eigenvalue weighted by Gasteiger charge is 2.38. The van der Waals surface area contributed by atoms with Crippen LogP contribution in [0, 0.1) is 34.9 Å². The van der Waals surface area contributed by atoms with Crippen molar-refractivity contribution in [3.63, 3.8) is 0 Å². The molecule has 1 aromatic heterocycles. The normalized spacial score (nSPS) is 11.9. The third-order valence-electron chi connectivity index (χ3n) is 2.64. The first-order valence-electron chi connectivity index (χ1n) is 5.30. The molecule has 2 rings (SSSR count). The molecule has 0 saturated carbocycles. The van der Waals surface area contributed by atoms with E-state index in [0.29, 0.717) is 12.3 Å². The Kier molecular flexibility index (Phi) is 3.80. The molecule has 0 bridgehead atoms. The van der Waals surface area contributed by atoms with E-state index < -0.39 is 57.9 Å². The summed E-state index contributed by atoms with van der Waals surface area (Å²) in [4.78, 5) is 2.65. The van der Waals surface area contributed by atoms with Crippen LogP contribution in [0.1, 0.15) is 5.69 Å². The van der Waals surface area contributed by atoms with Gasteiger partial charge in [0.05, 0.1) is 5.56 Å². The molecule has 1 aromatic carbocycles. The number of pyridine rings is 1. The first-order valence-corrected chi connectivity index (χ1v) is 5.30. The minimum atomic E-state index is -5.32. The second-order valence-corrected chi connectivity index (χ2v) is 3.96. The van der Waals surface area contributed by atoms with Crippen molar-refractivity contribution in [3.8, 4) is 11.1 Å². The maximum Gasteiger partial charge on any atom is 0.436 e. The van der Waals surface area contributed by atoms with Crippen LogP contribution in [0.5, 0.6) is 0 Å². The number of rotatable bonds is 1. The molecule has 0 amide bonds. The summed E-state index contributed by atoms with van der Waals surface area (Å²) >= 11 is 0. The zero-order chi connectivity index (χ0) is 16.8. The lowest BCUT2D eigenvalue weighted by Crippen LogP contribution is -2.13. The first kappa shape index (κ1) is 16.1. The summed E-state index contributed by atoms with van der Waals surface area (Å²) in [6, 6.07) is 0.364. The van der Waals surface area contributed by atoms with E-state index in [2.05, 4.69) is 4.98 Å². The van der Waals surface area contributed by atoms with E-state index >= 15 is 0 Å². The molecular weight excluding hydrogens is 329 g/mol. The molecule has 0 unspecified atom stereocenters. The van der Waals surface area contributed by atoms with Crippen molar-refractivity contribution in [1.29, 1.82) is 0 Å². The highest BCUT2D eigenvalue weighted by Crippen LogP contribution is 2.37. The Bertz CT molecular complexity index is 722. The van der Waals surface area contributed by atoms with Crippen LogP contribution < -0.4 is 0 Å². The Morgan fingerprint density at radius 2 is 1.14 bits per heavy atom. The van der Waals surface area contributed by atoms with Crippen molar-refractivity contribution in [2.24, 2.45) is 0 Å². The summed E-state index contributed by atoms with van der Waals surface area (Å²) in [5.41, 5.74) is -5.40. The molecule has 0 radical (unpaired) electrons. The van der Waals surface area contributed by atoms with Gasteiger partial charge in [-0.25, -0.2) is 31.3 Å². The summed E-state index contributed by atoms with van der Waals surface area (Å²) in [7, 11) is 0. The third kappa shape index (κ3) is 2.38. The van der Waals surface area contributed by atoms with Gasteiger partial charge >= 0.3 is 6.18 Å². The van der Waals surface area contributed by atoms with E-state index in [4.69, 9.17) is 0 Å². The van der Waals surface area contributed by atoms with Crippen LogP contribution in [0.2, 0.25) is 0 Å². The van der Waals surface area contributed by atoms with E-state index in [1.54, 1.807) is 0 Å². The van der Waals surface area contributed by atoms with Gasteiger partial charge in [-0.3, -0.25) is 0 Å². The van der Waals surface area contributed by atoms with E-state index in [1.807, 2.05) is 0 Å². The fourth-order valence-electron chi connectivity index (χ4n) is 1.68. The van der Waals surface area contributed by atoms with Gasteiger partial charge in [0.1, 0.15) is 0 Å². The Morgan fingerprint density at radius 3 is 1.59 bits per heavy atom. The fraction of sp³-hybridized carbons (Fsp3) is 0.0833. The maximum absolute atomic E-state index is 13.7. The van der Waals surface area contributed by atoms with Crippen molar-refractivity contribution < 1.29 is 39.5 Å². The highest BCUT2D eigenvalue weighted by atomic mass is 19.4. The second-order valence-electron chi connectivity index (χ2n) is 3.96. The number of halogens is 9. The summed E-state index contributed by atoms with van der Waals surface area (Å²) < 4.78 is 117. The number of hydrogen-bond acceptors (Lipinski definition) is 1. The van der Waals surface area contributed by atoms with Crippen LogP contribution in [-0.4, -0.2) is 4.98 Å². The second kappa shape index (κ2) is 5.18. The predicted molar refractivity (Wildman–Crippen MR) is 54.4 cm³/mol. The number of alkyl halides is 3. The van der Waals surface area contributed by atoms with Gasteiger partial charge in [-0.15, -0.1) is 0 Å². The summed E-state index contributed by atoms with van der Waals surface area (Å²) in [6.45, 7) is 0. The minimum absolute atomic E-state index is 0.333. The SMILES string of the molecule is Fc1c(-c2c(F)c(F)c(F)c(F)c2F)ccnc1C(F)(F)F. The molecular formula is C12H2F9N. The molecule has 1 nitrogen and oxygen atoms in total. The Labute approximate surface area is 116 Å². The molecule has 0 spiro atoms. The molecule has 0 aliphatic heterocycles. The molecule has 0 fully saturated rings. The monoisotopic (exact) mass is 331 g/mol. The highest BCUT2D eigenvalue weighted by molar-refractivity contribution is 5.66. The molecule has 0 aliphatic carbocycles. The van der Waals surface area contributed by atoms with Crippen molar-refractivity contribution >= 4 is 0 Å². The number of aromatic nitrogens is 1. The zero-order valence-electron chi connectivity index (χ0n) is 10.0. The van der Waals surface area contributed by atoms with Crippen LogP contribution in [-0.2, 0) is 6.18 Å². The van der Waals surface area contributed by atoms with Crippen LogP contribution in [0.25, 0.3) is 11.1 Å². The van der Waals surface area contributed by atoms with Crippen LogP contribution in [0.3, 0.4) is 0 Å². The van der Waals surface area contributed by atoms with E-state index in [-0.39, 0.29) is 0 Å². The van der Waals surface area contributed by atoms with Crippen molar-refractivity contribution in [2.45, 2.75) is 6.18 Å². The quantitative estimate of drug-likeness (QED) is 0.423. The molecule has 0 aliphatic rings. The van der Waals surface area contributed by atoms with Gasteiger partial charge in [0, 0.05) is 11.8 Å². The summed E-state index contributed by atoms with van der Waals surface area (Å²) in [5, 5.41) is 0. The molecule has 22 heavy (non-hydrogen) atoms. The fourth-order valence-corrected chi connectivity index (χ4v) is 1.68. The lowest BCUT2D eigenvalue weighted by Gasteiger charge is -2.12. The average molecular weight is 331 g/mol. The molecule has 0 saturated heterocycles. The number of benzene rings is 1. The van der Waals surface area contributed by atoms with Gasteiger partial charge in [0.2, 0.25) is 5.82 Å². The Morgan fingerprint density at radius 1 is 0.682 bits per heavy atom. The Balaban J connectivity index is 2.85. The van der Waals surface area contributed by atoms with E-state index in [9.17, 15) is 39.5 Å². The molecule has 118 valence electrons. The van der Waals surface area contributed by atoms with Crippen molar-refractivity contribution in [3.05, 3.63) is 52.9 Å². The molecule has 1 heterocycles. The summed E-state index contributed by atoms with van der Waals surface area (Å²) in [6.07, 6.45) is -4.98. The van der Waals surface area contributed by atoms with Crippen LogP contribution >= 0.6 is 0 Å². The lowest BCUT2D eigenvalue weighted by molar-refractivity contribution is -0.143. The lowest BCUT2D eigenvalue weighted by atomic mass is 10.0. The van der Waals surface area contributed by atoms with Gasteiger partial charge in [0.15, 0.2) is 34.8 Å². The molecule has 10 heteroatoms. The Hall–Kier alpha value is -2.26. The molecule has 2 aromatic rings. The molecule has 0 atom stereocenters. The van der Waals surface area contributed by atoms with Gasteiger partial charge < -0.3 is 0 Å². The topological polar surface area (TPSA) is 12.9 Å². The van der Waals surface area contributed by atoms with Gasteiger partial charge in [-0.05, 0) is 6.07 Å². The number of hydrogen-bond donors (Lipinski definition) is 0. The predicted octanol–water partition coefficient (Wildman–Crippen LogP) is 4.60. The number of nitrogens with zero attached hydrogens (tertiary/aromatic N) is 1. The van der Waals surface area contributed by atoms with Crippen LogP contribution in [0.4, 0.5) is 39.5 Å². The largest absolute Gasteiger partial charge is 0.436 e. The van der Waals surface area contributed by atoms with Gasteiger partial charge in [-0.2, -0.15) is 13.2 Å².